The Kier molecular flexibility index (Phi) is 43.1. The average Bonchev–Trinajstić information content (AvgIpc) is 0.778. The predicted octanol–water partition coefficient (Wildman–Crippen LogP) is 30.8. The molecule has 0 atom stereocenters. The quantitative estimate of drug-likeness (QED) is 0.0301. The molecule has 0 bridgehead atoms. The highest BCUT2D eigenvalue weighted by molar-refractivity contribution is 5.35. The number of halogens is 29. The molecule has 0 N–H and O–H groups in total. The summed E-state index contributed by atoms with van der Waals surface area (Å²) in [6.45, 7) is 15.4. The maximum atomic E-state index is 14.6. The summed E-state index contributed by atoms with van der Waals surface area (Å²) < 4.78 is 478. The minimum atomic E-state index is -4.65. The van der Waals surface area contributed by atoms with Crippen molar-refractivity contribution in [3.8, 4) is 28.7 Å². The summed E-state index contributed by atoms with van der Waals surface area (Å²) in [5.74, 6) is -37.3. The largest absolute Gasteiger partial charge is 0.432 e. The van der Waals surface area contributed by atoms with Crippen molar-refractivity contribution >= 4 is 0 Å². The predicted molar refractivity (Wildman–Crippen MR) is 480 cm³/mol. The molecule has 4 aliphatic carbocycles. The highest BCUT2D eigenvalue weighted by Gasteiger charge is 2.52. The number of hydrogen-bond donors (Lipinski definition) is 0. The van der Waals surface area contributed by atoms with Gasteiger partial charge in [0.25, 0.3) is 0 Å². The first-order chi connectivity index (χ1) is 71.1. The van der Waals surface area contributed by atoms with Crippen LogP contribution in [0.4, 0.5) is 127 Å². The van der Waals surface area contributed by atoms with E-state index in [0.29, 0.717) is 176 Å². The molecular weight excluding hydrogens is 2060 g/mol. The highest BCUT2D eigenvalue weighted by atomic mass is 19.3. The molecule has 9 aliphatic rings. The van der Waals surface area contributed by atoms with Crippen LogP contribution in [0.15, 0.2) is 84.9 Å². The number of unbranched alkanes of at least 4 members (excludes halogenated alkanes) is 1. The van der Waals surface area contributed by atoms with E-state index in [1.165, 1.54) is 12.8 Å². The van der Waals surface area contributed by atoms with Crippen LogP contribution in [0, 0.1) is 187 Å². The van der Waals surface area contributed by atoms with Crippen molar-refractivity contribution in [2.45, 2.75) is 264 Å². The fraction of sp³-hybridized carbons (Fsp3) is 0.604. The molecule has 0 aromatic heterocycles. The summed E-state index contributed by atoms with van der Waals surface area (Å²) >= 11 is 0. The topological polar surface area (TPSA) is 138 Å². The molecule has 9 fully saturated rings. The van der Waals surface area contributed by atoms with Crippen LogP contribution >= 0.6 is 0 Å². The molecule has 5 heterocycles. The lowest BCUT2D eigenvalue weighted by atomic mass is 9.75. The second-order valence-corrected chi connectivity index (χ2v) is 39.3. The van der Waals surface area contributed by atoms with Crippen molar-refractivity contribution in [1.82, 2.24) is 0 Å². The highest BCUT2D eigenvalue weighted by Crippen LogP contribution is 2.50. The van der Waals surface area contributed by atoms with Crippen LogP contribution in [0.5, 0.6) is 28.7 Å². The maximum absolute atomic E-state index is 14.6. The summed E-state index contributed by atoms with van der Waals surface area (Å²) in [5.41, 5.74) is -3.84. The smallest absolute Gasteiger partial charge is 0.432 e. The third-order valence-corrected chi connectivity index (χ3v) is 28.3. The van der Waals surface area contributed by atoms with Gasteiger partial charge >= 0.3 is 30.5 Å². The Labute approximate surface area is 848 Å². The van der Waals surface area contributed by atoms with Crippen LogP contribution < -0.4 is 23.7 Å². The molecular formula is C106H119F29O15. The van der Waals surface area contributed by atoms with Gasteiger partial charge in [0.15, 0.2) is 119 Å². The van der Waals surface area contributed by atoms with Crippen molar-refractivity contribution in [3.63, 3.8) is 0 Å². The van der Waals surface area contributed by atoms with Gasteiger partial charge in [-0.25, -0.2) is 83.4 Å². The molecule has 0 spiro atoms. The summed E-state index contributed by atoms with van der Waals surface area (Å²) in [5, 5.41) is 0. The van der Waals surface area contributed by atoms with Gasteiger partial charge in [-0.05, 0) is 152 Å². The van der Waals surface area contributed by atoms with Gasteiger partial charge in [0.05, 0.1) is 83.8 Å². The summed E-state index contributed by atoms with van der Waals surface area (Å²) in [6, 6.07) is 5.59. The minimum absolute atomic E-state index is 0.0369. The number of ether oxygens (including phenoxy) is 15. The van der Waals surface area contributed by atoms with Gasteiger partial charge in [0, 0.05) is 119 Å². The molecule has 5 saturated heterocycles. The van der Waals surface area contributed by atoms with Crippen molar-refractivity contribution in [2.24, 2.45) is 76.9 Å². The van der Waals surface area contributed by atoms with Gasteiger partial charge in [-0.3, -0.25) is 0 Å². The molecule has 16 rings (SSSR count). The molecule has 4 saturated carbocycles. The van der Waals surface area contributed by atoms with E-state index in [1.807, 2.05) is 6.92 Å². The van der Waals surface area contributed by atoms with Gasteiger partial charge in [-0.15, -0.1) is 0 Å². The van der Waals surface area contributed by atoms with Gasteiger partial charge in [0.1, 0.15) is 63.1 Å². The zero-order valence-electron chi connectivity index (χ0n) is 82.5. The average molecular weight is 2180 g/mol. The first-order valence-corrected chi connectivity index (χ1v) is 50.3. The van der Waals surface area contributed by atoms with Crippen molar-refractivity contribution in [1.29, 1.82) is 0 Å². The molecule has 5 aliphatic heterocycles. The molecule has 150 heavy (non-hydrogen) atoms. The summed E-state index contributed by atoms with van der Waals surface area (Å²) in [7, 11) is 0. The van der Waals surface area contributed by atoms with Gasteiger partial charge in [-0.2, -0.15) is 43.9 Å². The lowest BCUT2D eigenvalue weighted by molar-refractivity contribution is -0.248. The van der Waals surface area contributed by atoms with Gasteiger partial charge in [0.2, 0.25) is 0 Å². The number of rotatable bonds is 31. The van der Waals surface area contributed by atoms with Crippen molar-refractivity contribution in [3.05, 3.63) is 218 Å². The Hall–Kier alpha value is -8.89. The van der Waals surface area contributed by atoms with Crippen LogP contribution in [0.25, 0.3) is 0 Å². The van der Waals surface area contributed by atoms with E-state index >= 15 is 0 Å². The Balaban J connectivity index is 0.000000167. The standard InChI is InChI=1S/C26H27F7O3.C21H27F5O3.C20H17F7O3.C20H25F5O3.C19H23F5O3/c1-2-3-14-4-6-15(7-5-14)17-12-34-25(35-13-17)16-8-19(27)23(20(28)9-16)26(32,33)36-18-10-21(29)24(31)22(30)11-18;1-2-3-4-13-11-27-20(28-12-13)14-5-7-15(8-6-14)21(25,26)29-16-9-17(22)19(24)18(23)10-16;1-2-3-10-8-28-19(29-9-10)11-4-13(21)17(14(22)5-11)20(26,27)30-12-6-15(23)18(25)16(24)7-12;1-2-3-12-10-26-19(27-11-12)13-4-6-14(7-5-13)20(24,25)28-15-8-16(21)18(23)17(22)9-15;1-2-11-9-25-18(26-10-11)12-3-5-13(6-4-12)19(23,24)27-14-7-15(20)17(22)16(21)8-14/h8-11,14-15,17,25H,2-7,12-13H2,1H3;9-10,13-15,20H,2-8,11-12H2,1H3;4-7,10,19H,2-3,8-9H2,1H3;8-9,12-14,19H,2-7,10-11H2,1H3;7-8,11-13,18H,2-6,9-10H2,1H3. The molecule has 15 nitrogen and oxygen atoms in total. The second kappa shape index (κ2) is 54.0. The lowest BCUT2D eigenvalue weighted by Gasteiger charge is -2.39. The Morgan fingerprint density at radius 2 is 0.453 bits per heavy atom. The molecule has 0 radical (unpaired) electrons. The van der Waals surface area contributed by atoms with E-state index in [0.717, 1.165) is 83.0 Å². The molecule has 44 heteroatoms. The van der Waals surface area contributed by atoms with Crippen molar-refractivity contribution in [2.75, 3.05) is 66.1 Å². The first kappa shape index (κ1) is 120. The fourth-order valence-corrected chi connectivity index (χ4v) is 19.9. The Morgan fingerprint density at radius 3 is 0.707 bits per heavy atom. The van der Waals surface area contributed by atoms with Crippen molar-refractivity contribution < 1.29 is 198 Å². The van der Waals surface area contributed by atoms with E-state index in [4.69, 9.17) is 47.4 Å². The van der Waals surface area contributed by atoms with E-state index in [-0.39, 0.29) is 136 Å². The van der Waals surface area contributed by atoms with E-state index in [2.05, 4.69) is 51.4 Å². The van der Waals surface area contributed by atoms with E-state index in [1.54, 1.807) is 0 Å². The zero-order valence-corrected chi connectivity index (χ0v) is 82.5. The maximum Gasteiger partial charge on any atom is 0.432 e. The lowest BCUT2D eigenvalue weighted by Crippen LogP contribution is -2.42. The van der Waals surface area contributed by atoms with E-state index in [9.17, 15) is 127 Å². The normalized spacial score (nSPS) is 26.2. The van der Waals surface area contributed by atoms with E-state index < -0.39 is 211 Å². The van der Waals surface area contributed by atoms with Crippen LogP contribution in [0.2, 0.25) is 0 Å². The molecule has 7 aromatic carbocycles. The summed E-state index contributed by atoms with van der Waals surface area (Å²) in [4.78, 5) is 0. The first-order valence-electron chi connectivity index (χ1n) is 50.3. The minimum Gasteiger partial charge on any atom is -0.432 e. The number of alkyl halides is 10. The summed E-state index contributed by atoms with van der Waals surface area (Å²) in [6.07, 6.45) is -4.62. The number of hydrogen-bond acceptors (Lipinski definition) is 15. The van der Waals surface area contributed by atoms with Crippen LogP contribution in [-0.2, 0) is 59.6 Å². The van der Waals surface area contributed by atoms with Crippen LogP contribution in [0.1, 0.15) is 236 Å². The zero-order chi connectivity index (χ0) is 109. The monoisotopic (exact) mass is 2180 g/mol. The fourth-order valence-electron chi connectivity index (χ4n) is 19.9. The third kappa shape index (κ3) is 32.2. The molecule has 836 valence electrons. The van der Waals surface area contributed by atoms with Gasteiger partial charge in [-0.1, -0.05) is 86.0 Å². The molecule has 7 aromatic rings. The second-order valence-electron chi connectivity index (χ2n) is 39.3. The molecule has 0 unspecified atom stereocenters. The Bertz CT molecular complexity index is 5290. The molecule has 0 amide bonds. The third-order valence-electron chi connectivity index (χ3n) is 28.3. The number of benzene rings is 7. The Morgan fingerprint density at radius 1 is 0.227 bits per heavy atom. The van der Waals surface area contributed by atoms with Crippen LogP contribution in [0.3, 0.4) is 0 Å². The SMILES string of the molecule is CCC1COC(C2CCC(C(F)(F)Oc3cc(F)c(F)c(F)c3)CC2)OC1.CCCC1CCC(C2COC(c3cc(F)c(C(F)(F)Oc4cc(F)c(F)c(F)c4)c(F)c3)OC2)CC1.CCCC1COC(C2CCC(C(F)(F)Oc3cc(F)c(F)c(F)c3)CC2)OC1.CCCC1COC(c2cc(F)c(C(F)(F)Oc3cc(F)c(F)c(F)c3)c(F)c2)OC1.CCCCC1COC(C2CCC(C(F)(F)Oc3cc(F)c(F)c(F)c3)CC2)OC1. The van der Waals surface area contributed by atoms with Gasteiger partial charge < -0.3 is 71.1 Å². The van der Waals surface area contributed by atoms with Crippen LogP contribution in [-0.4, -0.2) is 103 Å².